The molecule has 0 saturated heterocycles. The third kappa shape index (κ3) is 4.09. The van der Waals surface area contributed by atoms with Crippen LogP contribution in [0.15, 0.2) is 66.7 Å². The van der Waals surface area contributed by atoms with Crippen LogP contribution in [0.1, 0.15) is 30.6 Å². The minimum absolute atomic E-state index is 0.191. The topological polar surface area (TPSA) is 26.3 Å². The quantitative estimate of drug-likeness (QED) is 0.592. The molecule has 0 saturated carbocycles. The molecule has 0 aromatic heterocycles. The Hall–Kier alpha value is -2.35. The van der Waals surface area contributed by atoms with Gasteiger partial charge in [0, 0.05) is 6.08 Å². The zero-order valence-corrected chi connectivity index (χ0v) is 11.5. The van der Waals surface area contributed by atoms with E-state index in [0.29, 0.717) is 0 Å². The predicted octanol–water partition coefficient (Wildman–Crippen LogP) is 4.39. The Morgan fingerprint density at radius 3 is 2.25 bits per heavy atom. The Morgan fingerprint density at radius 2 is 1.65 bits per heavy atom. The maximum Gasteiger partial charge on any atom is 0.331 e. The van der Waals surface area contributed by atoms with Gasteiger partial charge in [0.25, 0.3) is 0 Å². The van der Waals surface area contributed by atoms with Gasteiger partial charge < -0.3 is 4.74 Å². The van der Waals surface area contributed by atoms with E-state index in [4.69, 9.17) is 4.74 Å². The average molecular weight is 266 g/mol. The summed E-state index contributed by atoms with van der Waals surface area (Å²) in [5.41, 5.74) is 2.01. The Balaban J connectivity index is 1.98. The summed E-state index contributed by atoms with van der Waals surface area (Å²) in [5.74, 6) is -0.315. The normalized spacial score (nSPS) is 12.2. The molecule has 1 atom stereocenters. The van der Waals surface area contributed by atoms with E-state index in [1.807, 2.05) is 67.6 Å². The SMILES string of the molecule is CCC(OC(=O)C=Cc1ccccc1)c1ccccc1. The second kappa shape index (κ2) is 7.29. The highest BCUT2D eigenvalue weighted by molar-refractivity contribution is 5.87. The molecule has 0 aliphatic rings. The van der Waals surface area contributed by atoms with E-state index in [0.717, 1.165) is 17.5 Å². The molecule has 2 nitrogen and oxygen atoms in total. The maximum atomic E-state index is 11.8. The van der Waals surface area contributed by atoms with E-state index in [9.17, 15) is 4.79 Å². The molecule has 0 spiro atoms. The van der Waals surface area contributed by atoms with Crippen molar-refractivity contribution in [1.29, 1.82) is 0 Å². The van der Waals surface area contributed by atoms with Crippen molar-refractivity contribution in [3.8, 4) is 0 Å². The Kier molecular flexibility index (Phi) is 5.13. The lowest BCUT2D eigenvalue weighted by molar-refractivity contribution is -0.143. The molecular weight excluding hydrogens is 248 g/mol. The fourth-order valence-electron chi connectivity index (χ4n) is 1.96. The molecule has 0 radical (unpaired) electrons. The monoisotopic (exact) mass is 266 g/mol. The summed E-state index contributed by atoms with van der Waals surface area (Å²) in [4.78, 5) is 11.8. The Bertz CT molecular complexity index is 558. The molecule has 2 aromatic carbocycles. The summed E-state index contributed by atoms with van der Waals surface area (Å²) >= 11 is 0. The molecule has 0 heterocycles. The molecular formula is C18H18O2. The van der Waals surface area contributed by atoms with Gasteiger partial charge >= 0.3 is 5.97 Å². The van der Waals surface area contributed by atoms with E-state index in [2.05, 4.69) is 0 Å². The minimum atomic E-state index is -0.315. The zero-order valence-electron chi connectivity index (χ0n) is 11.5. The summed E-state index contributed by atoms with van der Waals surface area (Å²) in [6.07, 6.45) is 3.81. The highest BCUT2D eigenvalue weighted by Gasteiger charge is 2.12. The average Bonchev–Trinajstić information content (AvgIpc) is 2.52. The van der Waals surface area contributed by atoms with Crippen LogP contribution in [0.25, 0.3) is 6.08 Å². The first-order valence-electron chi connectivity index (χ1n) is 6.78. The van der Waals surface area contributed by atoms with Crippen molar-refractivity contribution < 1.29 is 9.53 Å². The molecule has 2 heteroatoms. The van der Waals surface area contributed by atoms with E-state index >= 15 is 0 Å². The number of rotatable bonds is 5. The van der Waals surface area contributed by atoms with Gasteiger partial charge in [0.1, 0.15) is 6.10 Å². The van der Waals surface area contributed by atoms with E-state index in [1.165, 1.54) is 6.08 Å². The number of benzene rings is 2. The molecule has 0 fully saturated rings. The maximum absolute atomic E-state index is 11.8. The van der Waals surface area contributed by atoms with Gasteiger partial charge in [-0.05, 0) is 23.6 Å². The molecule has 1 unspecified atom stereocenters. The van der Waals surface area contributed by atoms with E-state index in [1.54, 1.807) is 6.08 Å². The van der Waals surface area contributed by atoms with E-state index < -0.39 is 0 Å². The van der Waals surface area contributed by atoms with Crippen LogP contribution in [-0.4, -0.2) is 5.97 Å². The van der Waals surface area contributed by atoms with Gasteiger partial charge in [-0.3, -0.25) is 0 Å². The largest absolute Gasteiger partial charge is 0.454 e. The number of carbonyl (C=O) groups excluding carboxylic acids is 1. The highest BCUT2D eigenvalue weighted by atomic mass is 16.5. The van der Waals surface area contributed by atoms with Gasteiger partial charge in [0.05, 0.1) is 0 Å². The van der Waals surface area contributed by atoms with Gasteiger partial charge in [0.15, 0.2) is 0 Å². The first-order chi connectivity index (χ1) is 9.79. The number of hydrogen-bond donors (Lipinski definition) is 0. The molecule has 0 amide bonds. The molecule has 2 aromatic rings. The lowest BCUT2D eigenvalue weighted by Gasteiger charge is -2.15. The lowest BCUT2D eigenvalue weighted by atomic mass is 10.1. The fraction of sp³-hybridized carbons (Fsp3) is 0.167. The van der Waals surface area contributed by atoms with Crippen LogP contribution >= 0.6 is 0 Å². The fourth-order valence-corrected chi connectivity index (χ4v) is 1.96. The van der Waals surface area contributed by atoms with Crippen molar-refractivity contribution >= 4 is 12.0 Å². The smallest absolute Gasteiger partial charge is 0.331 e. The van der Waals surface area contributed by atoms with Gasteiger partial charge in [-0.2, -0.15) is 0 Å². The van der Waals surface area contributed by atoms with Crippen molar-refractivity contribution in [3.05, 3.63) is 77.9 Å². The lowest BCUT2D eigenvalue weighted by Crippen LogP contribution is -2.08. The number of ether oxygens (including phenoxy) is 1. The third-order valence-corrected chi connectivity index (χ3v) is 3.01. The predicted molar refractivity (Wildman–Crippen MR) is 81.0 cm³/mol. The first-order valence-corrected chi connectivity index (χ1v) is 6.78. The third-order valence-electron chi connectivity index (χ3n) is 3.01. The molecule has 20 heavy (non-hydrogen) atoms. The van der Waals surface area contributed by atoms with Gasteiger partial charge in [-0.15, -0.1) is 0 Å². The van der Waals surface area contributed by atoms with Crippen LogP contribution in [-0.2, 0) is 9.53 Å². The number of esters is 1. The van der Waals surface area contributed by atoms with Crippen molar-refractivity contribution in [2.24, 2.45) is 0 Å². The number of hydrogen-bond acceptors (Lipinski definition) is 2. The van der Waals surface area contributed by atoms with Gasteiger partial charge in [0.2, 0.25) is 0 Å². The summed E-state index contributed by atoms with van der Waals surface area (Å²) in [6, 6.07) is 19.5. The Morgan fingerprint density at radius 1 is 1.05 bits per heavy atom. The van der Waals surface area contributed by atoms with Crippen LogP contribution in [0, 0.1) is 0 Å². The summed E-state index contributed by atoms with van der Waals surface area (Å²) in [5, 5.41) is 0. The second-order valence-electron chi connectivity index (χ2n) is 4.49. The molecule has 0 N–H and O–H groups in total. The number of carbonyl (C=O) groups is 1. The van der Waals surface area contributed by atoms with Crippen LogP contribution < -0.4 is 0 Å². The van der Waals surface area contributed by atoms with Crippen LogP contribution in [0.5, 0.6) is 0 Å². The van der Waals surface area contributed by atoms with Crippen molar-refractivity contribution in [3.63, 3.8) is 0 Å². The molecule has 0 aliphatic heterocycles. The molecule has 2 rings (SSSR count). The van der Waals surface area contributed by atoms with Crippen molar-refractivity contribution in [2.75, 3.05) is 0 Å². The second-order valence-corrected chi connectivity index (χ2v) is 4.49. The first kappa shape index (κ1) is 14.1. The van der Waals surface area contributed by atoms with Gasteiger partial charge in [-0.1, -0.05) is 67.6 Å². The summed E-state index contributed by atoms with van der Waals surface area (Å²) in [7, 11) is 0. The van der Waals surface area contributed by atoms with Crippen LogP contribution in [0.2, 0.25) is 0 Å². The van der Waals surface area contributed by atoms with Gasteiger partial charge in [-0.25, -0.2) is 4.79 Å². The van der Waals surface area contributed by atoms with Crippen LogP contribution in [0.4, 0.5) is 0 Å². The minimum Gasteiger partial charge on any atom is -0.454 e. The summed E-state index contributed by atoms with van der Waals surface area (Å²) in [6.45, 7) is 2.01. The Labute approximate surface area is 119 Å². The standard InChI is InChI=1S/C18H18O2/c1-2-17(16-11-7-4-8-12-16)20-18(19)14-13-15-9-5-3-6-10-15/h3-14,17H,2H2,1H3. The van der Waals surface area contributed by atoms with Crippen LogP contribution in [0.3, 0.4) is 0 Å². The van der Waals surface area contributed by atoms with Crippen molar-refractivity contribution in [1.82, 2.24) is 0 Å². The highest BCUT2D eigenvalue weighted by Crippen LogP contribution is 2.20. The summed E-state index contributed by atoms with van der Waals surface area (Å²) < 4.78 is 5.48. The molecule has 0 bridgehead atoms. The molecule has 0 aliphatic carbocycles. The zero-order chi connectivity index (χ0) is 14.2. The molecule has 102 valence electrons. The van der Waals surface area contributed by atoms with Crippen molar-refractivity contribution in [2.45, 2.75) is 19.4 Å². The van der Waals surface area contributed by atoms with E-state index in [-0.39, 0.29) is 12.1 Å².